The van der Waals surface area contributed by atoms with Crippen molar-refractivity contribution in [2.75, 3.05) is 7.11 Å². The first-order chi connectivity index (χ1) is 13.1. The Balaban J connectivity index is 2.16. The van der Waals surface area contributed by atoms with Crippen LogP contribution in [0.1, 0.15) is 43.1 Å². The summed E-state index contributed by atoms with van der Waals surface area (Å²) in [5.74, 6) is -1.39. The number of nitrogens with one attached hydrogen (secondary N) is 1. The number of nitrogens with zero attached hydrogens (tertiary/aromatic N) is 1. The molecule has 3 rings (SSSR count). The van der Waals surface area contributed by atoms with E-state index < -0.39 is 23.6 Å². The molecule has 0 fully saturated rings. The number of fused-ring (bicyclic) bond motifs is 3. The van der Waals surface area contributed by atoms with Crippen LogP contribution in [0, 0.1) is 0 Å². The standard InChI is InChI=1S/C21H22N2O5/c1-11(19(25)28-21(2,3)4)18(24)17-16-13(10-15(23-17)20(26)27-5)12-8-6-7-9-14(12)22-16/h6-10,18,22,24H,1H2,2-5H3. The highest BCUT2D eigenvalue weighted by Crippen LogP contribution is 2.33. The minimum absolute atomic E-state index is 0.0193. The molecule has 3 aromatic rings. The van der Waals surface area contributed by atoms with Crippen LogP contribution >= 0.6 is 0 Å². The topological polar surface area (TPSA) is 102 Å². The summed E-state index contributed by atoms with van der Waals surface area (Å²) in [6.45, 7) is 8.83. The molecule has 7 nitrogen and oxygen atoms in total. The van der Waals surface area contributed by atoms with Gasteiger partial charge in [0.05, 0.1) is 23.9 Å². The van der Waals surface area contributed by atoms with Crippen molar-refractivity contribution in [1.82, 2.24) is 9.97 Å². The van der Waals surface area contributed by atoms with Gasteiger partial charge in [-0.2, -0.15) is 0 Å². The number of esters is 2. The number of aromatic nitrogens is 2. The van der Waals surface area contributed by atoms with E-state index in [1.165, 1.54) is 7.11 Å². The Morgan fingerprint density at radius 3 is 2.54 bits per heavy atom. The number of carbonyl (C=O) groups is 2. The fraction of sp³-hybridized carbons (Fsp3) is 0.286. The summed E-state index contributed by atoms with van der Waals surface area (Å²) in [4.78, 5) is 31.9. The molecule has 0 aliphatic rings. The molecule has 1 atom stereocenters. The molecule has 0 aliphatic carbocycles. The van der Waals surface area contributed by atoms with Gasteiger partial charge in [0, 0.05) is 16.3 Å². The maximum atomic E-state index is 12.3. The van der Waals surface area contributed by atoms with Gasteiger partial charge >= 0.3 is 11.9 Å². The van der Waals surface area contributed by atoms with E-state index in [-0.39, 0.29) is 17.0 Å². The summed E-state index contributed by atoms with van der Waals surface area (Å²) < 4.78 is 10.1. The van der Waals surface area contributed by atoms with Crippen LogP contribution in [0.25, 0.3) is 21.8 Å². The van der Waals surface area contributed by atoms with Gasteiger partial charge in [-0.1, -0.05) is 24.8 Å². The Hall–Kier alpha value is -3.19. The second kappa shape index (κ2) is 7.09. The Labute approximate surface area is 162 Å². The quantitative estimate of drug-likeness (QED) is 0.529. The van der Waals surface area contributed by atoms with E-state index in [2.05, 4.69) is 16.5 Å². The lowest BCUT2D eigenvalue weighted by Crippen LogP contribution is -2.26. The molecule has 2 aromatic heterocycles. The minimum atomic E-state index is -1.46. The van der Waals surface area contributed by atoms with E-state index in [9.17, 15) is 14.7 Å². The first-order valence-electron chi connectivity index (χ1n) is 8.72. The van der Waals surface area contributed by atoms with Gasteiger partial charge in [0.2, 0.25) is 0 Å². The molecule has 0 bridgehead atoms. The number of carbonyl (C=O) groups excluding carboxylic acids is 2. The number of aromatic amines is 1. The number of hydrogen-bond donors (Lipinski definition) is 2. The molecule has 0 aliphatic heterocycles. The van der Waals surface area contributed by atoms with Crippen LogP contribution in [0.3, 0.4) is 0 Å². The number of methoxy groups -OCH3 is 1. The third kappa shape index (κ3) is 3.61. The van der Waals surface area contributed by atoms with Gasteiger partial charge in [0.15, 0.2) is 0 Å². The smallest absolute Gasteiger partial charge is 0.356 e. The number of benzene rings is 1. The highest BCUT2D eigenvalue weighted by molar-refractivity contribution is 6.10. The zero-order valence-electron chi connectivity index (χ0n) is 16.2. The second-order valence-electron chi connectivity index (χ2n) is 7.41. The lowest BCUT2D eigenvalue weighted by Gasteiger charge is -2.22. The van der Waals surface area contributed by atoms with E-state index in [1.807, 2.05) is 24.3 Å². The SMILES string of the molecule is C=C(C(=O)OC(C)(C)C)C(O)c1nc(C(=O)OC)cc2c1[nH]c1ccccc12. The van der Waals surface area contributed by atoms with Crippen LogP contribution in [-0.4, -0.2) is 39.7 Å². The Morgan fingerprint density at radius 1 is 1.21 bits per heavy atom. The van der Waals surface area contributed by atoms with Crippen LogP contribution < -0.4 is 0 Å². The number of H-pyrrole nitrogens is 1. The highest BCUT2D eigenvalue weighted by Gasteiger charge is 2.28. The molecule has 146 valence electrons. The van der Waals surface area contributed by atoms with Gasteiger partial charge < -0.3 is 19.6 Å². The molecule has 28 heavy (non-hydrogen) atoms. The van der Waals surface area contributed by atoms with Crippen LogP contribution in [0.5, 0.6) is 0 Å². The minimum Gasteiger partial charge on any atom is -0.464 e. The van der Waals surface area contributed by atoms with Crippen LogP contribution in [0.4, 0.5) is 0 Å². The molecule has 2 N–H and O–H groups in total. The van der Waals surface area contributed by atoms with Gasteiger partial charge in [0.25, 0.3) is 0 Å². The Bertz CT molecular complexity index is 1090. The predicted molar refractivity (Wildman–Crippen MR) is 105 cm³/mol. The second-order valence-corrected chi connectivity index (χ2v) is 7.41. The number of aliphatic hydroxyl groups is 1. The molecule has 0 spiro atoms. The van der Waals surface area contributed by atoms with E-state index in [4.69, 9.17) is 9.47 Å². The van der Waals surface area contributed by atoms with Crippen LogP contribution in [0.2, 0.25) is 0 Å². The number of aliphatic hydroxyl groups excluding tert-OH is 1. The van der Waals surface area contributed by atoms with Crippen molar-refractivity contribution in [2.24, 2.45) is 0 Å². The van der Waals surface area contributed by atoms with Crippen LogP contribution in [-0.2, 0) is 14.3 Å². The maximum Gasteiger partial charge on any atom is 0.356 e. The predicted octanol–water partition coefficient (Wildman–Crippen LogP) is 3.43. The van der Waals surface area contributed by atoms with E-state index in [0.717, 1.165) is 10.9 Å². The largest absolute Gasteiger partial charge is 0.464 e. The summed E-state index contributed by atoms with van der Waals surface area (Å²) >= 11 is 0. The fourth-order valence-electron chi connectivity index (χ4n) is 2.90. The molecule has 0 amide bonds. The molecule has 1 unspecified atom stereocenters. The third-order valence-corrected chi connectivity index (χ3v) is 4.17. The van der Waals surface area contributed by atoms with Gasteiger partial charge in [-0.15, -0.1) is 0 Å². The summed E-state index contributed by atoms with van der Waals surface area (Å²) in [6.07, 6.45) is -1.46. The maximum absolute atomic E-state index is 12.3. The fourth-order valence-corrected chi connectivity index (χ4v) is 2.90. The van der Waals surface area contributed by atoms with Crippen LogP contribution in [0.15, 0.2) is 42.5 Å². The van der Waals surface area contributed by atoms with Crippen molar-refractivity contribution in [3.05, 3.63) is 53.9 Å². The Kier molecular flexibility index (Phi) is 4.95. The van der Waals surface area contributed by atoms with Crippen molar-refractivity contribution in [2.45, 2.75) is 32.5 Å². The van der Waals surface area contributed by atoms with Crippen molar-refractivity contribution in [1.29, 1.82) is 0 Å². The average molecular weight is 382 g/mol. The molecule has 1 aromatic carbocycles. The first kappa shape index (κ1) is 19.6. The molecule has 0 radical (unpaired) electrons. The summed E-state index contributed by atoms with van der Waals surface area (Å²) in [6, 6.07) is 9.07. The molecule has 0 saturated heterocycles. The van der Waals surface area contributed by atoms with Gasteiger partial charge in [0.1, 0.15) is 17.4 Å². The molecule has 0 saturated carbocycles. The summed E-state index contributed by atoms with van der Waals surface area (Å²) in [5.41, 5.74) is 0.515. The average Bonchev–Trinajstić information content (AvgIpc) is 3.02. The normalized spacial score (nSPS) is 12.8. The zero-order valence-corrected chi connectivity index (χ0v) is 16.2. The van der Waals surface area contributed by atoms with Crippen molar-refractivity contribution in [3.8, 4) is 0 Å². The van der Waals surface area contributed by atoms with Gasteiger partial charge in [-0.25, -0.2) is 14.6 Å². The lowest BCUT2D eigenvalue weighted by molar-refractivity contribution is -0.151. The molecular weight excluding hydrogens is 360 g/mol. The summed E-state index contributed by atoms with van der Waals surface area (Å²) in [7, 11) is 1.25. The third-order valence-electron chi connectivity index (χ3n) is 4.17. The summed E-state index contributed by atoms with van der Waals surface area (Å²) in [5, 5.41) is 12.3. The van der Waals surface area contributed by atoms with Crippen molar-refractivity contribution < 1.29 is 24.2 Å². The number of rotatable bonds is 4. The number of ether oxygens (including phenoxy) is 2. The molecule has 2 heterocycles. The van der Waals surface area contributed by atoms with E-state index in [0.29, 0.717) is 10.9 Å². The number of hydrogen-bond acceptors (Lipinski definition) is 6. The Morgan fingerprint density at radius 2 is 1.89 bits per heavy atom. The highest BCUT2D eigenvalue weighted by atomic mass is 16.6. The van der Waals surface area contributed by atoms with Crippen molar-refractivity contribution in [3.63, 3.8) is 0 Å². The zero-order chi connectivity index (χ0) is 20.6. The molecular formula is C21H22N2O5. The van der Waals surface area contributed by atoms with Gasteiger partial charge in [-0.05, 0) is 32.9 Å². The first-order valence-corrected chi connectivity index (χ1v) is 8.72. The monoisotopic (exact) mass is 382 g/mol. The van der Waals surface area contributed by atoms with E-state index in [1.54, 1.807) is 26.8 Å². The number of pyridine rings is 1. The van der Waals surface area contributed by atoms with Gasteiger partial charge in [-0.3, -0.25) is 0 Å². The van der Waals surface area contributed by atoms with Crippen molar-refractivity contribution >= 4 is 33.7 Å². The van der Waals surface area contributed by atoms with E-state index >= 15 is 0 Å². The lowest BCUT2D eigenvalue weighted by atomic mass is 10.0. The molecule has 7 heteroatoms. The number of para-hydroxylation sites is 1.